The lowest BCUT2D eigenvalue weighted by Crippen LogP contribution is -2.30. The predicted molar refractivity (Wildman–Crippen MR) is 100 cm³/mol. The standard InChI is InChI=1S/C21H17F2NO4/c1-12(20(25)24-13-7-9-17(22)18(23)11-13)28-21(26)16-8-10-19(27-2)15-6-4-3-5-14(15)16/h3-12H,1-2H3,(H,24,25)/t12-/m1/s1. The minimum absolute atomic E-state index is 0.0571. The summed E-state index contributed by atoms with van der Waals surface area (Å²) in [6, 6.07) is 13.3. The number of hydrogen-bond acceptors (Lipinski definition) is 4. The number of anilines is 1. The number of methoxy groups -OCH3 is 1. The molecule has 0 aliphatic rings. The molecule has 0 spiro atoms. The Morgan fingerprint density at radius 2 is 1.68 bits per heavy atom. The van der Waals surface area contributed by atoms with E-state index >= 15 is 0 Å². The normalized spacial score (nSPS) is 11.7. The first kappa shape index (κ1) is 19.3. The monoisotopic (exact) mass is 385 g/mol. The van der Waals surface area contributed by atoms with Crippen molar-refractivity contribution in [1.82, 2.24) is 0 Å². The zero-order valence-corrected chi connectivity index (χ0v) is 15.2. The quantitative estimate of drug-likeness (QED) is 0.665. The molecule has 0 radical (unpaired) electrons. The third kappa shape index (κ3) is 3.93. The SMILES string of the molecule is COc1ccc(C(=O)O[C@H](C)C(=O)Nc2ccc(F)c(F)c2)c2ccccc12. The van der Waals surface area contributed by atoms with Crippen LogP contribution in [0.2, 0.25) is 0 Å². The second kappa shape index (κ2) is 8.04. The van der Waals surface area contributed by atoms with E-state index in [1.165, 1.54) is 20.1 Å². The number of benzene rings is 3. The van der Waals surface area contributed by atoms with Crippen LogP contribution >= 0.6 is 0 Å². The van der Waals surface area contributed by atoms with Crippen LogP contribution in [0, 0.1) is 11.6 Å². The first-order valence-electron chi connectivity index (χ1n) is 8.43. The van der Waals surface area contributed by atoms with Crippen LogP contribution in [0.1, 0.15) is 17.3 Å². The Morgan fingerprint density at radius 1 is 0.964 bits per heavy atom. The molecule has 1 atom stereocenters. The van der Waals surface area contributed by atoms with Gasteiger partial charge in [-0.05, 0) is 36.6 Å². The van der Waals surface area contributed by atoms with Gasteiger partial charge in [0.2, 0.25) is 0 Å². The van der Waals surface area contributed by atoms with Crippen LogP contribution in [0.5, 0.6) is 5.75 Å². The fourth-order valence-corrected chi connectivity index (χ4v) is 2.72. The average molecular weight is 385 g/mol. The van der Waals surface area contributed by atoms with E-state index in [1.807, 2.05) is 12.1 Å². The molecule has 0 saturated heterocycles. The lowest BCUT2D eigenvalue weighted by Gasteiger charge is -2.15. The molecular formula is C21H17F2NO4. The van der Waals surface area contributed by atoms with Crippen LogP contribution in [0.4, 0.5) is 14.5 Å². The van der Waals surface area contributed by atoms with E-state index in [9.17, 15) is 18.4 Å². The fraction of sp³-hybridized carbons (Fsp3) is 0.143. The lowest BCUT2D eigenvalue weighted by molar-refractivity contribution is -0.123. The molecule has 0 unspecified atom stereocenters. The van der Waals surface area contributed by atoms with Gasteiger partial charge in [-0.2, -0.15) is 0 Å². The zero-order valence-electron chi connectivity index (χ0n) is 15.2. The maximum atomic E-state index is 13.3. The number of esters is 1. The van der Waals surface area contributed by atoms with Crippen molar-refractivity contribution in [1.29, 1.82) is 0 Å². The van der Waals surface area contributed by atoms with Gasteiger partial charge < -0.3 is 14.8 Å². The lowest BCUT2D eigenvalue weighted by atomic mass is 10.0. The van der Waals surface area contributed by atoms with Crippen molar-refractivity contribution in [3.63, 3.8) is 0 Å². The molecular weight excluding hydrogens is 368 g/mol. The molecule has 0 aliphatic heterocycles. The van der Waals surface area contributed by atoms with Gasteiger partial charge in [-0.15, -0.1) is 0 Å². The van der Waals surface area contributed by atoms with Crippen molar-refractivity contribution < 1.29 is 27.8 Å². The molecule has 1 N–H and O–H groups in total. The van der Waals surface area contributed by atoms with Crippen LogP contribution in [-0.2, 0) is 9.53 Å². The highest BCUT2D eigenvalue weighted by Gasteiger charge is 2.21. The molecule has 7 heteroatoms. The topological polar surface area (TPSA) is 64.6 Å². The molecule has 0 heterocycles. The molecule has 3 aromatic carbocycles. The summed E-state index contributed by atoms with van der Waals surface area (Å²) >= 11 is 0. The van der Waals surface area contributed by atoms with Gasteiger partial charge in [0.1, 0.15) is 5.75 Å². The molecule has 0 aromatic heterocycles. The average Bonchev–Trinajstić information content (AvgIpc) is 2.69. The van der Waals surface area contributed by atoms with E-state index < -0.39 is 29.6 Å². The summed E-state index contributed by atoms with van der Waals surface area (Å²) in [5.41, 5.74) is 0.338. The number of amides is 1. The van der Waals surface area contributed by atoms with Gasteiger partial charge in [0.25, 0.3) is 5.91 Å². The van der Waals surface area contributed by atoms with E-state index in [0.29, 0.717) is 11.1 Å². The number of carbonyl (C=O) groups excluding carboxylic acids is 2. The first-order chi connectivity index (χ1) is 13.4. The second-order valence-electron chi connectivity index (χ2n) is 6.03. The fourth-order valence-electron chi connectivity index (χ4n) is 2.72. The summed E-state index contributed by atoms with van der Waals surface area (Å²) < 4.78 is 36.8. The Bertz CT molecular complexity index is 1050. The number of carbonyl (C=O) groups is 2. The minimum Gasteiger partial charge on any atom is -0.496 e. The van der Waals surface area contributed by atoms with Gasteiger partial charge in [-0.3, -0.25) is 4.79 Å². The Kier molecular flexibility index (Phi) is 5.54. The third-order valence-corrected chi connectivity index (χ3v) is 4.16. The molecule has 0 saturated carbocycles. The first-order valence-corrected chi connectivity index (χ1v) is 8.43. The van der Waals surface area contributed by atoms with Crippen molar-refractivity contribution in [2.75, 3.05) is 12.4 Å². The number of halogens is 2. The highest BCUT2D eigenvalue weighted by molar-refractivity contribution is 6.07. The summed E-state index contributed by atoms with van der Waals surface area (Å²) in [6.07, 6.45) is -1.15. The second-order valence-corrected chi connectivity index (χ2v) is 6.03. The summed E-state index contributed by atoms with van der Waals surface area (Å²) in [4.78, 5) is 24.8. The molecule has 0 fully saturated rings. The smallest absolute Gasteiger partial charge is 0.339 e. The van der Waals surface area contributed by atoms with Crippen molar-refractivity contribution in [2.45, 2.75) is 13.0 Å². The van der Waals surface area contributed by atoms with Gasteiger partial charge in [-0.25, -0.2) is 13.6 Å². The van der Waals surface area contributed by atoms with E-state index in [2.05, 4.69) is 5.32 Å². The van der Waals surface area contributed by atoms with Crippen LogP contribution in [0.25, 0.3) is 10.8 Å². The van der Waals surface area contributed by atoms with Crippen molar-refractivity contribution in [3.05, 3.63) is 71.8 Å². The van der Waals surface area contributed by atoms with Crippen LogP contribution < -0.4 is 10.1 Å². The molecule has 1 amide bonds. The highest BCUT2D eigenvalue weighted by Crippen LogP contribution is 2.29. The molecule has 3 rings (SSSR count). The molecule has 144 valence electrons. The van der Waals surface area contributed by atoms with Crippen molar-refractivity contribution in [2.24, 2.45) is 0 Å². The Hall–Kier alpha value is -3.48. The van der Waals surface area contributed by atoms with Gasteiger partial charge in [-0.1, -0.05) is 24.3 Å². The van der Waals surface area contributed by atoms with Gasteiger partial charge in [0.15, 0.2) is 17.7 Å². The van der Waals surface area contributed by atoms with Gasteiger partial charge >= 0.3 is 5.97 Å². The molecule has 0 bridgehead atoms. The number of nitrogens with one attached hydrogen (secondary N) is 1. The van der Waals surface area contributed by atoms with E-state index in [4.69, 9.17) is 9.47 Å². The zero-order chi connectivity index (χ0) is 20.3. The summed E-state index contributed by atoms with van der Waals surface area (Å²) in [6.45, 7) is 1.39. The number of fused-ring (bicyclic) bond motifs is 1. The molecule has 0 aliphatic carbocycles. The predicted octanol–water partition coefficient (Wildman–Crippen LogP) is 4.31. The molecule has 5 nitrogen and oxygen atoms in total. The number of rotatable bonds is 5. The molecule has 3 aromatic rings. The Balaban J connectivity index is 1.76. The maximum absolute atomic E-state index is 13.3. The van der Waals surface area contributed by atoms with E-state index in [-0.39, 0.29) is 11.3 Å². The number of hydrogen-bond donors (Lipinski definition) is 1. The molecule has 28 heavy (non-hydrogen) atoms. The summed E-state index contributed by atoms with van der Waals surface area (Å²) in [5.74, 6) is -2.86. The van der Waals surface area contributed by atoms with Gasteiger partial charge in [0, 0.05) is 17.1 Å². The van der Waals surface area contributed by atoms with Crippen molar-refractivity contribution >= 4 is 28.3 Å². The summed E-state index contributed by atoms with van der Waals surface area (Å²) in [7, 11) is 1.53. The van der Waals surface area contributed by atoms with E-state index in [1.54, 1.807) is 24.3 Å². The largest absolute Gasteiger partial charge is 0.496 e. The number of ether oxygens (including phenoxy) is 2. The maximum Gasteiger partial charge on any atom is 0.339 e. The van der Waals surface area contributed by atoms with Crippen LogP contribution in [-0.4, -0.2) is 25.1 Å². The third-order valence-electron chi connectivity index (χ3n) is 4.16. The Morgan fingerprint density at radius 3 is 2.36 bits per heavy atom. The Labute approximate surface area is 159 Å². The van der Waals surface area contributed by atoms with E-state index in [0.717, 1.165) is 17.5 Å². The van der Waals surface area contributed by atoms with Crippen molar-refractivity contribution in [3.8, 4) is 5.75 Å². The van der Waals surface area contributed by atoms with Crippen LogP contribution in [0.15, 0.2) is 54.6 Å². The highest BCUT2D eigenvalue weighted by atomic mass is 19.2. The minimum atomic E-state index is -1.15. The summed E-state index contributed by atoms with van der Waals surface area (Å²) in [5, 5.41) is 3.74. The van der Waals surface area contributed by atoms with Crippen LogP contribution in [0.3, 0.4) is 0 Å². The van der Waals surface area contributed by atoms with Gasteiger partial charge in [0.05, 0.1) is 12.7 Å².